The molecule has 0 radical (unpaired) electrons. The SMILES string of the molecule is CCC(C)NC(=O)C(Cc1ccccc1)N(Cc1cccc(Cl)c1)C(=O)CN(c1ccc(F)c(Cl)c1)S(C)(=O)=O. The lowest BCUT2D eigenvalue weighted by Crippen LogP contribution is -2.54. The van der Waals surface area contributed by atoms with Crippen LogP contribution in [0.15, 0.2) is 72.8 Å². The lowest BCUT2D eigenvalue weighted by atomic mass is 10.0. The van der Waals surface area contributed by atoms with Crippen molar-refractivity contribution < 1.29 is 22.4 Å². The molecule has 0 saturated carbocycles. The molecule has 40 heavy (non-hydrogen) atoms. The van der Waals surface area contributed by atoms with Crippen LogP contribution in [0.5, 0.6) is 0 Å². The summed E-state index contributed by atoms with van der Waals surface area (Å²) in [4.78, 5) is 29.0. The first-order valence-electron chi connectivity index (χ1n) is 12.7. The second kappa shape index (κ2) is 14.0. The molecule has 7 nitrogen and oxygen atoms in total. The minimum absolute atomic E-state index is 0.00735. The average Bonchev–Trinajstić information content (AvgIpc) is 2.90. The van der Waals surface area contributed by atoms with Crippen molar-refractivity contribution in [1.29, 1.82) is 0 Å². The Bertz CT molecular complexity index is 1440. The van der Waals surface area contributed by atoms with Gasteiger partial charge in [-0.1, -0.05) is 72.6 Å². The van der Waals surface area contributed by atoms with Crippen LogP contribution >= 0.6 is 23.2 Å². The summed E-state index contributed by atoms with van der Waals surface area (Å²) in [6.07, 6.45) is 1.81. The van der Waals surface area contributed by atoms with E-state index >= 15 is 0 Å². The van der Waals surface area contributed by atoms with Crippen molar-refractivity contribution in [2.75, 3.05) is 17.1 Å². The molecule has 0 spiro atoms. The Labute approximate surface area is 244 Å². The molecular weight excluding hydrogens is 576 g/mol. The Balaban J connectivity index is 2.07. The first-order valence-corrected chi connectivity index (χ1v) is 15.3. The monoisotopic (exact) mass is 607 g/mol. The number of halogens is 3. The van der Waals surface area contributed by atoms with Crippen molar-refractivity contribution in [2.45, 2.75) is 45.3 Å². The quantitative estimate of drug-likeness (QED) is 0.296. The number of anilines is 1. The maximum absolute atomic E-state index is 14.0. The van der Waals surface area contributed by atoms with Gasteiger partial charge in [-0.2, -0.15) is 0 Å². The molecule has 3 rings (SSSR count). The van der Waals surface area contributed by atoms with Gasteiger partial charge in [0.25, 0.3) is 0 Å². The average molecular weight is 609 g/mol. The van der Waals surface area contributed by atoms with E-state index in [4.69, 9.17) is 23.2 Å². The number of rotatable bonds is 12. The van der Waals surface area contributed by atoms with Crippen LogP contribution in [0.1, 0.15) is 31.4 Å². The van der Waals surface area contributed by atoms with Crippen LogP contribution in [0.3, 0.4) is 0 Å². The van der Waals surface area contributed by atoms with E-state index in [0.717, 1.165) is 28.3 Å². The Morgan fingerprint density at radius 2 is 1.65 bits per heavy atom. The summed E-state index contributed by atoms with van der Waals surface area (Å²) in [6.45, 7) is 3.16. The first kappa shape index (κ1) is 31.4. The van der Waals surface area contributed by atoms with Gasteiger partial charge in [0.05, 0.1) is 17.0 Å². The second-order valence-corrected chi connectivity index (χ2v) is 12.3. The Morgan fingerprint density at radius 3 is 2.25 bits per heavy atom. The Morgan fingerprint density at radius 1 is 0.975 bits per heavy atom. The van der Waals surface area contributed by atoms with E-state index in [1.807, 2.05) is 44.2 Å². The maximum atomic E-state index is 14.0. The van der Waals surface area contributed by atoms with Gasteiger partial charge in [-0.15, -0.1) is 0 Å². The molecule has 2 unspecified atom stereocenters. The fourth-order valence-electron chi connectivity index (χ4n) is 4.08. The lowest BCUT2D eigenvalue weighted by Gasteiger charge is -2.34. The number of sulfonamides is 1. The normalized spacial score (nSPS) is 12.8. The highest BCUT2D eigenvalue weighted by atomic mass is 35.5. The van der Waals surface area contributed by atoms with Crippen LogP contribution < -0.4 is 9.62 Å². The van der Waals surface area contributed by atoms with Crippen LogP contribution in [-0.4, -0.2) is 50.0 Å². The van der Waals surface area contributed by atoms with Crippen molar-refractivity contribution in [2.24, 2.45) is 0 Å². The molecule has 0 aliphatic carbocycles. The third kappa shape index (κ3) is 8.68. The summed E-state index contributed by atoms with van der Waals surface area (Å²) in [5.74, 6) is -1.73. The van der Waals surface area contributed by atoms with Crippen LogP contribution in [0.2, 0.25) is 10.0 Å². The smallest absolute Gasteiger partial charge is 0.244 e. The molecule has 11 heteroatoms. The number of benzene rings is 3. The largest absolute Gasteiger partial charge is 0.352 e. The summed E-state index contributed by atoms with van der Waals surface area (Å²) in [7, 11) is -4.00. The summed E-state index contributed by atoms with van der Waals surface area (Å²) in [6, 6.07) is 18.4. The zero-order chi connectivity index (χ0) is 29.4. The number of hydrogen-bond acceptors (Lipinski definition) is 4. The molecule has 2 amide bonds. The maximum Gasteiger partial charge on any atom is 0.244 e. The number of nitrogens with zero attached hydrogens (tertiary/aromatic N) is 2. The summed E-state index contributed by atoms with van der Waals surface area (Å²) >= 11 is 12.1. The molecule has 3 aromatic rings. The van der Waals surface area contributed by atoms with E-state index in [-0.39, 0.29) is 35.6 Å². The lowest BCUT2D eigenvalue weighted by molar-refractivity contribution is -0.140. The predicted molar refractivity (Wildman–Crippen MR) is 157 cm³/mol. The van der Waals surface area contributed by atoms with Gasteiger partial charge in [0, 0.05) is 24.0 Å². The highest BCUT2D eigenvalue weighted by molar-refractivity contribution is 7.92. The fraction of sp³-hybridized carbons (Fsp3) is 0.310. The van der Waals surface area contributed by atoms with E-state index in [9.17, 15) is 22.4 Å². The Hall–Kier alpha value is -3.14. The van der Waals surface area contributed by atoms with Crippen molar-refractivity contribution in [3.8, 4) is 0 Å². The minimum Gasteiger partial charge on any atom is -0.352 e. The molecule has 0 aromatic heterocycles. The van der Waals surface area contributed by atoms with Crippen LogP contribution in [0, 0.1) is 5.82 Å². The zero-order valence-corrected chi connectivity index (χ0v) is 24.8. The van der Waals surface area contributed by atoms with Crippen molar-refractivity contribution in [1.82, 2.24) is 10.2 Å². The van der Waals surface area contributed by atoms with Gasteiger partial charge in [0.2, 0.25) is 21.8 Å². The molecule has 2 atom stereocenters. The second-order valence-electron chi connectivity index (χ2n) is 9.54. The number of nitrogens with one attached hydrogen (secondary N) is 1. The highest BCUT2D eigenvalue weighted by Gasteiger charge is 2.33. The van der Waals surface area contributed by atoms with E-state index in [1.54, 1.807) is 24.3 Å². The molecular formula is C29H32Cl2FN3O4S. The van der Waals surface area contributed by atoms with E-state index < -0.39 is 34.3 Å². The number of amides is 2. The Kier molecular flexibility index (Phi) is 11.0. The van der Waals surface area contributed by atoms with Gasteiger partial charge in [-0.05, 0) is 54.8 Å². The topological polar surface area (TPSA) is 86.8 Å². The first-order chi connectivity index (χ1) is 18.9. The minimum atomic E-state index is -4.00. The third-order valence-electron chi connectivity index (χ3n) is 6.38. The van der Waals surface area contributed by atoms with Gasteiger partial charge < -0.3 is 10.2 Å². The van der Waals surface area contributed by atoms with E-state index in [0.29, 0.717) is 17.0 Å². The molecule has 0 aliphatic rings. The number of hydrogen-bond donors (Lipinski definition) is 1. The molecule has 1 N–H and O–H groups in total. The summed E-state index contributed by atoms with van der Waals surface area (Å²) in [5.41, 5.74) is 1.50. The van der Waals surface area contributed by atoms with Crippen LogP contribution in [0.4, 0.5) is 10.1 Å². The molecule has 0 saturated heterocycles. The predicted octanol–water partition coefficient (Wildman–Crippen LogP) is 5.45. The van der Waals surface area contributed by atoms with E-state index in [1.165, 1.54) is 11.0 Å². The van der Waals surface area contributed by atoms with Crippen molar-refractivity contribution >= 4 is 50.7 Å². The van der Waals surface area contributed by atoms with Gasteiger partial charge >= 0.3 is 0 Å². The summed E-state index contributed by atoms with van der Waals surface area (Å²) in [5, 5.41) is 3.12. The molecule has 0 fully saturated rings. The zero-order valence-electron chi connectivity index (χ0n) is 22.5. The van der Waals surface area contributed by atoms with Gasteiger partial charge in [-0.3, -0.25) is 13.9 Å². The molecule has 0 heterocycles. The molecule has 0 aliphatic heterocycles. The summed E-state index contributed by atoms with van der Waals surface area (Å²) < 4.78 is 40.3. The third-order valence-corrected chi connectivity index (χ3v) is 8.05. The molecule has 3 aromatic carbocycles. The van der Waals surface area contributed by atoms with E-state index in [2.05, 4.69) is 5.32 Å². The highest BCUT2D eigenvalue weighted by Crippen LogP contribution is 2.25. The molecule has 214 valence electrons. The van der Waals surface area contributed by atoms with Crippen LogP contribution in [0.25, 0.3) is 0 Å². The molecule has 0 bridgehead atoms. The standard InChI is InChI=1S/C29H32Cl2FN3O4S/c1-4-20(2)33-29(37)27(16-21-9-6-5-7-10-21)34(18-22-11-8-12-23(30)15-22)28(36)19-35(40(3,38)39)24-13-14-26(32)25(31)17-24/h5-15,17,20,27H,4,16,18-19H2,1-3H3,(H,33,37). The van der Waals surface area contributed by atoms with Crippen molar-refractivity contribution in [3.63, 3.8) is 0 Å². The van der Waals surface area contributed by atoms with Gasteiger partial charge in [0.1, 0.15) is 18.4 Å². The fourth-order valence-corrected chi connectivity index (χ4v) is 5.31. The van der Waals surface area contributed by atoms with Gasteiger partial charge in [-0.25, -0.2) is 12.8 Å². The number of carbonyl (C=O) groups excluding carboxylic acids is 2. The van der Waals surface area contributed by atoms with Crippen LogP contribution in [-0.2, 0) is 32.6 Å². The number of carbonyl (C=O) groups is 2. The van der Waals surface area contributed by atoms with Gasteiger partial charge in [0.15, 0.2) is 0 Å². The van der Waals surface area contributed by atoms with Crippen molar-refractivity contribution in [3.05, 3.63) is 99.8 Å².